The average molecular weight is 311 g/mol. The van der Waals surface area contributed by atoms with Crippen molar-refractivity contribution in [3.05, 3.63) is 68.2 Å². The molecular formula is C14H12Cl2N2O2. The lowest BCUT2D eigenvalue weighted by atomic mass is 10.1. The first-order chi connectivity index (χ1) is 9.47. The highest BCUT2D eigenvalue weighted by Crippen LogP contribution is 2.29. The Morgan fingerprint density at radius 1 is 1.20 bits per heavy atom. The Kier molecular flexibility index (Phi) is 4.47. The summed E-state index contributed by atoms with van der Waals surface area (Å²) in [6, 6.07) is 11.5. The van der Waals surface area contributed by atoms with Gasteiger partial charge in [-0.25, -0.2) is 0 Å². The van der Waals surface area contributed by atoms with Crippen molar-refractivity contribution in [2.24, 2.45) is 0 Å². The third-order valence-corrected chi connectivity index (χ3v) is 3.43. The lowest BCUT2D eigenvalue weighted by molar-refractivity contribution is -0.384. The molecule has 1 atom stereocenters. The van der Waals surface area contributed by atoms with Gasteiger partial charge in [-0.15, -0.1) is 0 Å². The molecule has 2 aromatic rings. The standard InChI is InChI=1S/C14H12Cl2N2O2/c1-9(13-6-5-10(15)7-14(13)16)17-11-3-2-4-12(8-11)18(19)20/h2-9,17H,1H3. The third-order valence-electron chi connectivity index (χ3n) is 2.87. The predicted molar refractivity (Wildman–Crippen MR) is 81.6 cm³/mol. The van der Waals surface area contributed by atoms with Crippen LogP contribution in [0.4, 0.5) is 11.4 Å². The summed E-state index contributed by atoms with van der Waals surface area (Å²) in [5.41, 5.74) is 1.59. The third kappa shape index (κ3) is 3.40. The van der Waals surface area contributed by atoms with E-state index in [2.05, 4.69) is 5.32 Å². The zero-order chi connectivity index (χ0) is 14.7. The van der Waals surface area contributed by atoms with Gasteiger partial charge in [-0.05, 0) is 30.7 Å². The summed E-state index contributed by atoms with van der Waals surface area (Å²) in [4.78, 5) is 10.3. The van der Waals surface area contributed by atoms with Gasteiger partial charge >= 0.3 is 0 Å². The number of benzene rings is 2. The van der Waals surface area contributed by atoms with Gasteiger partial charge in [-0.3, -0.25) is 10.1 Å². The van der Waals surface area contributed by atoms with Crippen LogP contribution in [-0.4, -0.2) is 4.92 Å². The average Bonchev–Trinajstić information content (AvgIpc) is 2.38. The highest BCUT2D eigenvalue weighted by molar-refractivity contribution is 6.35. The Bertz CT molecular complexity index is 647. The first-order valence-corrected chi connectivity index (χ1v) is 6.69. The van der Waals surface area contributed by atoms with Crippen LogP contribution >= 0.6 is 23.2 Å². The summed E-state index contributed by atoms with van der Waals surface area (Å²) in [6.07, 6.45) is 0. The van der Waals surface area contributed by atoms with Gasteiger partial charge in [-0.2, -0.15) is 0 Å². The molecular weight excluding hydrogens is 299 g/mol. The number of hydrogen-bond acceptors (Lipinski definition) is 3. The van der Waals surface area contributed by atoms with Crippen molar-refractivity contribution in [2.75, 3.05) is 5.32 Å². The normalized spacial score (nSPS) is 11.9. The van der Waals surface area contributed by atoms with E-state index in [1.807, 2.05) is 13.0 Å². The maximum atomic E-state index is 10.7. The number of nitro groups is 1. The van der Waals surface area contributed by atoms with Gasteiger partial charge in [0.05, 0.1) is 4.92 Å². The van der Waals surface area contributed by atoms with E-state index in [0.29, 0.717) is 15.7 Å². The quantitative estimate of drug-likeness (QED) is 0.633. The minimum atomic E-state index is -0.425. The molecule has 0 heterocycles. The number of hydrogen-bond donors (Lipinski definition) is 1. The maximum absolute atomic E-state index is 10.7. The van der Waals surface area contributed by atoms with E-state index in [1.54, 1.807) is 24.3 Å². The van der Waals surface area contributed by atoms with Crippen molar-refractivity contribution in [1.29, 1.82) is 0 Å². The fraction of sp³-hybridized carbons (Fsp3) is 0.143. The topological polar surface area (TPSA) is 55.2 Å². The summed E-state index contributed by atoms with van der Waals surface area (Å²) >= 11 is 12.0. The summed E-state index contributed by atoms with van der Waals surface area (Å²) in [6.45, 7) is 1.92. The molecule has 104 valence electrons. The molecule has 0 amide bonds. The van der Waals surface area contributed by atoms with E-state index >= 15 is 0 Å². The molecule has 6 heteroatoms. The Morgan fingerprint density at radius 2 is 1.95 bits per heavy atom. The second-order valence-electron chi connectivity index (χ2n) is 4.34. The van der Waals surface area contributed by atoms with Crippen LogP contribution in [0.3, 0.4) is 0 Å². The molecule has 0 saturated heterocycles. The van der Waals surface area contributed by atoms with Crippen molar-refractivity contribution in [2.45, 2.75) is 13.0 Å². The molecule has 0 aliphatic rings. The number of halogens is 2. The number of anilines is 1. The molecule has 0 bridgehead atoms. The van der Waals surface area contributed by atoms with Crippen molar-refractivity contribution >= 4 is 34.6 Å². The second kappa shape index (κ2) is 6.11. The molecule has 0 fully saturated rings. The summed E-state index contributed by atoms with van der Waals surface area (Å²) < 4.78 is 0. The van der Waals surface area contributed by atoms with Crippen molar-refractivity contribution < 1.29 is 4.92 Å². The van der Waals surface area contributed by atoms with Gasteiger partial charge in [0.1, 0.15) is 0 Å². The highest BCUT2D eigenvalue weighted by Gasteiger charge is 2.12. The Hall–Kier alpha value is -1.78. The van der Waals surface area contributed by atoms with Crippen LogP contribution in [0.25, 0.3) is 0 Å². The van der Waals surface area contributed by atoms with Crippen LogP contribution in [-0.2, 0) is 0 Å². The molecule has 2 aromatic carbocycles. The molecule has 0 saturated carbocycles. The van der Waals surface area contributed by atoms with Gasteiger partial charge in [0.2, 0.25) is 0 Å². The molecule has 20 heavy (non-hydrogen) atoms. The molecule has 0 aliphatic heterocycles. The Labute approximate surface area is 126 Å². The predicted octanol–water partition coefficient (Wildman–Crippen LogP) is 5.07. The van der Waals surface area contributed by atoms with Gasteiger partial charge in [0.25, 0.3) is 5.69 Å². The molecule has 0 spiro atoms. The lowest BCUT2D eigenvalue weighted by Crippen LogP contribution is -2.07. The number of nitrogens with zero attached hydrogens (tertiary/aromatic N) is 1. The van der Waals surface area contributed by atoms with E-state index in [4.69, 9.17) is 23.2 Å². The van der Waals surface area contributed by atoms with Crippen molar-refractivity contribution in [3.63, 3.8) is 0 Å². The fourth-order valence-electron chi connectivity index (χ4n) is 1.89. The first kappa shape index (κ1) is 14.6. The Balaban J connectivity index is 2.21. The summed E-state index contributed by atoms with van der Waals surface area (Å²) in [7, 11) is 0. The van der Waals surface area contributed by atoms with Crippen LogP contribution < -0.4 is 5.32 Å². The zero-order valence-corrected chi connectivity index (χ0v) is 12.2. The van der Waals surface area contributed by atoms with Crippen molar-refractivity contribution in [1.82, 2.24) is 0 Å². The molecule has 0 aliphatic carbocycles. The van der Waals surface area contributed by atoms with Crippen LogP contribution in [0, 0.1) is 10.1 Å². The largest absolute Gasteiger partial charge is 0.378 e. The first-order valence-electron chi connectivity index (χ1n) is 5.93. The summed E-state index contributed by atoms with van der Waals surface area (Å²) in [5.74, 6) is 0. The SMILES string of the molecule is CC(Nc1cccc([N+](=O)[O-])c1)c1ccc(Cl)cc1Cl. The maximum Gasteiger partial charge on any atom is 0.271 e. The van der Waals surface area contributed by atoms with E-state index in [9.17, 15) is 10.1 Å². The van der Waals surface area contributed by atoms with Crippen LogP contribution in [0.5, 0.6) is 0 Å². The molecule has 1 unspecified atom stereocenters. The zero-order valence-electron chi connectivity index (χ0n) is 10.6. The number of non-ortho nitro benzene ring substituents is 1. The second-order valence-corrected chi connectivity index (χ2v) is 5.18. The van der Waals surface area contributed by atoms with Crippen molar-refractivity contribution in [3.8, 4) is 0 Å². The van der Waals surface area contributed by atoms with Gasteiger partial charge in [0.15, 0.2) is 0 Å². The molecule has 2 rings (SSSR count). The molecule has 0 radical (unpaired) electrons. The molecule has 4 nitrogen and oxygen atoms in total. The number of nitro benzene ring substituents is 1. The van der Waals surface area contributed by atoms with Gasteiger partial charge < -0.3 is 5.32 Å². The molecule has 0 aromatic heterocycles. The van der Waals surface area contributed by atoms with Gasteiger partial charge in [0, 0.05) is 33.9 Å². The minimum absolute atomic E-state index is 0.0457. The lowest BCUT2D eigenvalue weighted by Gasteiger charge is -2.17. The number of rotatable bonds is 4. The van der Waals surface area contributed by atoms with E-state index in [0.717, 1.165) is 5.56 Å². The number of nitrogens with one attached hydrogen (secondary N) is 1. The van der Waals surface area contributed by atoms with E-state index in [1.165, 1.54) is 12.1 Å². The molecule has 1 N–H and O–H groups in total. The fourth-order valence-corrected chi connectivity index (χ4v) is 2.46. The van der Waals surface area contributed by atoms with E-state index in [-0.39, 0.29) is 11.7 Å². The summed E-state index contributed by atoms with van der Waals surface area (Å²) in [5, 5.41) is 15.1. The Morgan fingerprint density at radius 3 is 2.60 bits per heavy atom. The highest BCUT2D eigenvalue weighted by atomic mass is 35.5. The smallest absolute Gasteiger partial charge is 0.271 e. The monoisotopic (exact) mass is 310 g/mol. The van der Waals surface area contributed by atoms with E-state index < -0.39 is 4.92 Å². The van der Waals surface area contributed by atoms with Crippen LogP contribution in [0.1, 0.15) is 18.5 Å². The minimum Gasteiger partial charge on any atom is -0.378 e. The van der Waals surface area contributed by atoms with Crippen LogP contribution in [0.2, 0.25) is 10.0 Å². The van der Waals surface area contributed by atoms with Crippen LogP contribution in [0.15, 0.2) is 42.5 Å². The van der Waals surface area contributed by atoms with Gasteiger partial charge in [-0.1, -0.05) is 35.3 Å².